The van der Waals surface area contributed by atoms with E-state index in [9.17, 15) is 4.79 Å². The van der Waals surface area contributed by atoms with Gasteiger partial charge in [0.2, 0.25) is 0 Å². The van der Waals surface area contributed by atoms with Gasteiger partial charge in [0.15, 0.2) is 0 Å². The van der Waals surface area contributed by atoms with Gasteiger partial charge >= 0.3 is 5.97 Å². The van der Waals surface area contributed by atoms with E-state index in [0.29, 0.717) is 6.42 Å². The molecule has 92 valence electrons. The van der Waals surface area contributed by atoms with Crippen LogP contribution in [0.4, 0.5) is 0 Å². The van der Waals surface area contributed by atoms with E-state index in [2.05, 4.69) is 20.4 Å². The van der Waals surface area contributed by atoms with E-state index >= 15 is 0 Å². The van der Waals surface area contributed by atoms with Crippen molar-refractivity contribution in [3.05, 3.63) is 12.4 Å². The van der Waals surface area contributed by atoms with Crippen LogP contribution in [0.2, 0.25) is 0 Å². The molecular weight excluding hydrogens is 255 g/mol. The Kier molecular flexibility index (Phi) is 6.32. The van der Waals surface area contributed by atoms with Gasteiger partial charge in [-0.15, -0.1) is 29.9 Å². The average Bonchev–Trinajstić information content (AvgIpc) is 2.86. The fourth-order valence-electron chi connectivity index (χ4n) is 1.65. The highest BCUT2D eigenvalue weighted by Crippen LogP contribution is 2.18. The van der Waals surface area contributed by atoms with Crippen LogP contribution in [0.5, 0.6) is 0 Å². The number of methoxy groups -OCH3 is 1. The molecule has 1 aromatic heterocycles. The van der Waals surface area contributed by atoms with Crippen LogP contribution in [0.3, 0.4) is 0 Å². The van der Waals surface area contributed by atoms with E-state index in [1.165, 1.54) is 7.11 Å². The first-order valence-electron chi connectivity index (χ1n) is 4.48. The number of carbonyl (C=O) groups excluding carboxylic acids is 1. The molecule has 0 amide bonds. The number of nitrogens with zero attached hydrogens (tertiary/aromatic N) is 3. The molecule has 0 aromatic carbocycles. The third-order valence-corrected chi connectivity index (χ3v) is 2.41. The number of esters is 1. The van der Waals surface area contributed by atoms with Crippen LogP contribution in [0.15, 0.2) is 12.4 Å². The molecule has 2 heterocycles. The SMILES string of the molecule is COC(=O)[C@H]1C[C@@H](n2ccnn2)CN1.Cl.Cl. The maximum Gasteiger partial charge on any atom is 0.322 e. The summed E-state index contributed by atoms with van der Waals surface area (Å²) in [6.07, 6.45) is 4.13. The molecule has 0 saturated carbocycles. The molecule has 8 heteroatoms. The molecule has 0 spiro atoms. The van der Waals surface area contributed by atoms with Gasteiger partial charge in [0.1, 0.15) is 6.04 Å². The zero-order valence-electron chi connectivity index (χ0n) is 8.70. The Morgan fingerprint density at radius 1 is 1.56 bits per heavy atom. The van der Waals surface area contributed by atoms with E-state index in [1.807, 2.05) is 0 Å². The van der Waals surface area contributed by atoms with Crippen molar-refractivity contribution < 1.29 is 9.53 Å². The molecule has 0 radical (unpaired) electrons. The van der Waals surface area contributed by atoms with E-state index < -0.39 is 0 Å². The molecule has 16 heavy (non-hydrogen) atoms. The summed E-state index contributed by atoms with van der Waals surface area (Å²) in [4.78, 5) is 11.2. The minimum Gasteiger partial charge on any atom is -0.468 e. The molecule has 1 aliphatic heterocycles. The number of hydrogen-bond acceptors (Lipinski definition) is 5. The van der Waals surface area contributed by atoms with Gasteiger partial charge in [0.05, 0.1) is 19.3 Å². The minimum atomic E-state index is -0.215. The van der Waals surface area contributed by atoms with Gasteiger partial charge in [-0.2, -0.15) is 0 Å². The summed E-state index contributed by atoms with van der Waals surface area (Å²) in [7, 11) is 1.40. The molecular formula is C8H14Cl2N4O2. The second kappa shape index (κ2) is 6.67. The normalized spacial score (nSPS) is 23.1. The summed E-state index contributed by atoms with van der Waals surface area (Å²) >= 11 is 0. The van der Waals surface area contributed by atoms with Crippen molar-refractivity contribution in [3.8, 4) is 0 Å². The largest absolute Gasteiger partial charge is 0.468 e. The molecule has 2 rings (SSSR count). The van der Waals surface area contributed by atoms with E-state index in [1.54, 1.807) is 17.1 Å². The van der Waals surface area contributed by atoms with Crippen LogP contribution in [-0.2, 0) is 9.53 Å². The van der Waals surface area contributed by atoms with E-state index in [0.717, 1.165) is 6.54 Å². The van der Waals surface area contributed by atoms with Gasteiger partial charge in [-0.25, -0.2) is 4.68 Å². The summed E-state index contributed by atoms with van der Waals surface area (Å²) in [6.45, 7) is 0.725. The first kappa shape index (κ1) is 15.2. The lowest BCUT2D eigenvalue weighted by atomic mass is 10.2. The average molecular weight is 269 g/mol. The van der Waals surface area contributed by atoms with Crippen molar-refractivity contribution in [2.75, 3.05) is 13.7 Å². The third kappa shape index (κ3) is 3.07. The second-order valence-electron chi connectivity index (χ2n) is 3.26. The maximum absolute atomic E-state index is 11.2. The lowest BCUT2D eigenvalue weighted by Gasteiger charge is -2.08. The zero-order valence-corrected chi connectivity index (χ0v) is 10.3. The quantitative estimate of drug-likeness (QED) is 0.777. The summed E-state index contributed by atoms with van der Waals surface area (Å²) in [5.41, 5.74) is 0. The summed E-state index contributed by atoms with van der Waals surface area (Å²) in [5, 5.41) is 10.7. The standard InChI is InChI=1S/C8H12N4O2.2ClH/c1-14-8(13)7-4-6(5-9-7)12-3-2-10-11-12;;/h2-3,6-7,9H,4-5H2,1H3;2*1H/t6-,7-;;/m1../s1. The van der Waals surface area contributed by atoms with Crippen LogP contribution in [-0.4, -0.2) is 40.7 Å². The number of carbonyl (C=O) groups is 1. The van der Waals surface area contributed by atoms with Crippen molar-refractivity contribution >= 4 is 30.8 Å². The van der Waals surface area contributed by atoms with Gasteiger partial charge in [0.25, 0.3) is 0 Å². The smallest absolute Gasteiger partial charge is 0.322 e. The van der Waals surface area contributed by atoms with Gasteiger partial charge in [0, 0.05) is 12.7 Å². The fourth-order valence-corrected chi connectivity index (χ4v) is 1.65. The van der Waals surface area contributed by atoms with Gasteiger partial charge < -0.3 is 10.1 Å². The molecule has 1 N–H and O–H groups in total. The Morgan fingerprint density at radius 3 is 2.88 bits per heavy atom. The van der Waals surface area contributed by atoms with Gasteiger partial charge in [-0.1, -0.05) is 5.21 Å². The highest BCUT2D eigenvalue weighted by molar-refractivity contribution is 5.85. The molecule has 0 bridgehead atoms. The third-order valence-electron chi connectivity index (χ3n) is 2.41. The minimum absolute atomic E-state index is 0. The molecule has 1 aliphatic rings. The van der Waals surface area contributed by atoms with Gasteiger partial charge in [-0.05, 0) is 6.42 Å². The van der Waals surface area contributed by atoms with Crippen molar-refractivity contribution in [1.29, 1.82) is 0 Å². The summed E-state index contributed by atoms with van der Waals surface area (Å²) < 4.78 is 6.41. The lowest BCUT2D eigenvalue weighted by Crippen LogP contribution is -2.31. The van der Waals surface area contributed by atoms with Crippen LogP contribution in [0.25, 0.3) is 0 Å². The van der Waals surface area contributed by atoms with Crippen LogP contribution >= 0.6 is 24.8 Å². The van der Waals surface area contributed by atoms with E-state index in [-0.39, 0.29) is 42.9 Å². The Morgan fingerprint density at radius 2 is 2.31 bits per heavy atom. The Hall–Kier alpha value is -0.850. The van der Waals surface area contributed by atoms with Crippen LogP contribution in [0.1, 0.15) is 12.5 Å². The highest BCUT2D eigenvalue weighted by Gasteiger charge is 2.31. The molecule has 1 aromatic rings. The fraction of sp³-hybridized carbons (Fsp3) is 0.625. The Balaban J connectivity index is 0.00000112. The number of rotatable bonds is 2. The topological polar surface area (TPSA) is 69.0 Å². The zero-order chi connectivity index (χ0) is 9.97. The van der Waals surface area contributed by atoms with Crippen molar-refractivity contribution in [1.82, 2.24) is 20.3 Å². The highest BCUT2D eigenvalue weighted by atomic mass is 35.5. The molecule has 0 unspecified atom stereocenters. The molecule has 1 saturated heterocycles. The maximum atomic E-state index is 11.2. The first-order chi connectivity index (χ1) is 6.81. The van der Waals surface area contributed by atoms with Crippen LogP contribution in [0, 0.1) is 0 Å². The first-order valence-corrected chi connectivity index (χ1v) is 4.48. The molecule has 2 atom stereocenters. The predicted molar refractivity (Wildman–Crippen MR) is 62.0 cm³/mol. The van der Waals surface area contributed by atoms with Crippen LogP contribution < -0.4 is 5.32 Å². The summed E-state index contributed by atoms with van der Waals surface area (Å²) in [6, 6.07) is -0.0178. The monoisotopic (exact) mass is 268 g/mol. The van der Waals surface area contributed by atoms with Gasteiger partial charge in [-0.3, -0.25) is 4.79 Å². The molecule has 0 aliphatic carbocycles. The molecule has 6 nitrogen and oxygen atoms in total. The van der Waals surface area contributed by atoms with E-state index in [4.69, 9.17) is 0 Å². The Bertz CT molecular complexity index is 320. The number of ether oxygens (including phenoxy) is 1. The van der Waals surface area contributed by atoms with Crippen molar-refractivity contribution in [3.63, 3.8) is 0 Å². The van der Waals surface area contributed by atoms with Crippen molar-refractivity contribution in [2.24, 2.45) is 0 Å². The predicted octanol–water partition coefficient (Wildman–Crippen LogP) is 0.198. The molecule has 1 fully saturated rings. The number of hydrogen-bond donors (Lipinski definition) is 1. The Labute approximate surface area is 106 Å². The summed E-state index contributed by atoms with van der Waals surface area (Å²) in [5.74, 6) is -0.215. The number of nitrogens with one attached hydrogen (secondary N) is 1. The number of aromatic nitrogens is 3. The van der Waals surface area contributed by atoms with Crippen molar-refractivity contribution in [2.45, 2.75) is 18.5 Å². The lowest BCUT2D eigenvalue weighted by molar-refractivity contribution is -0.142. The number of halogens is 2. The second-order valence-corrected chi connectivity index (χ2v) is 3.26.